The van der Waals surface area contributed by atoms with Crippen LogP contribution < -0.4 is 0 Å². The molecule has 0 aromatic carbocycles. The molecule has 0 saturated carbocycles. The zero-order valence-electron chi connectivity index (χ0n) is 16.5. The second kappa shape index (κ2) is 6.45. The van der Waals surface area contributed by atoms with E-state index in [2.05, 4.69) is 47.3 Å². The van der Waals surface area contributed by atoms with Gasteiger partial charge in [-0.2, -0.15) is 0 Å². The van der Waals surface area contributed by atoms with Crippen molar-refractivity contribution < 1.29 is 14.3 Å². The molecule has 1 aliphatic heterocycles. The van der Waals surface area contributed by atoms with Gasteiger partial charge in [-0.1, -0.05) is 62.3 Å². The first-order valence-electron chi connectivity index (χ1n) is 8.48. The van der Waals surface area contributed by atoms with E-state index in [-0.39, 0.29) is 28.3 Å². The number of carbonyl (C=O) groups is 1. The Balaban J connectivity index is 3.13. The van der Waals surface area contributed by atoms with Crippen LogP contribution in [0.1, 0.15) is 69.2 Å². The maximum absolute atomic E-state index is 12.4. The van der Waals surface area contributed by atoms with Crippen LogP contribution in [0.5, 0.6) is 0 Å². The molecule has 1 saturated heterocycles. The first kappa shape index (κ1) is 20.0. The highest BCUT2D eigenvalue weighted by molar-refractivity contribution is 5.75. The summed E-state index contributed by atoms with van der Waals surface area (Å²) in [6.07, 6.45) is 1.12. The van der Waals surface area contributed by atoms with Crippen molar-refractivity contribution in [2.45, 2.75) is 81.6 Å². The van der Waals surface area contributed by atoms with Gasteiger partial charge in [0.25, 0.3) is 0 Å². The van der Waals surface area contributed by atoms with Gasteiger partial charge in [-0.25, -0.2) is 0 Å². The summed E-state index contributed by atoms with van der Waals surface area (Å²) < 4.78 is 11.4. The smallest absolute Gasteiger partial charge is 0.318 e. The van der Waals surface area contributed by atoms with Crippen molar-refractivity contribution in [3.05, 3.63) is 17.4 Å². The highest BCUT2D eigenvalue weighted by Crippen LogP contribution is 2.39. The van der Waals surface area contributed by atoms with Crippen molar-refractivity contribution in [1.29, 1.82) is 0 Å². The van der Waals surface area contributed by atoms with Crippen molar-refractivity contribution >= 4 is 5.97 Å². The molecule has 1 heterocycles. The van der Waals surface area contributed by atoms with Gasteiger partial charge in [-0.3, -0.25) is 4.79 Å². The molecule has 0 N–H and O–H groups in total. The molecule has 0 bridgehead atoms. The third kappa shape index (κ3) is 5.22. The summed E-state index contributed by atoms with van der Waals surface area (Å²) in [5.74, 6) is -0.633. The Labute approximate surface area is 142 Å². The number of hydrogen-bond donors (Lipinski definition) is 0. The number of ether oxygens (including phenoxy) is 2. The van der Waals surface area contributed by atoms with Gasteiger partial charge in [0.1, 0.15) is 5.92 Å². The van der Waals surface area contributed by atoms with Gasteiger partial charge >= 0.3 is 5.97 Å². The fourth-order valence-corrected chi connectivity index (χ4v) is 3.00. The summed E-state index contributed by atoms with van der Waals surface area (Å²) in [6, 6.07) is 0. The Morgan fingerprint density at radius 1 is 1.00 bits per heavy atom. The molecule has 1 rings (SSSR count). The molecule has 0 aromatic heterocycles. The van der Waals surface area contributed by atoms with Crippen LogP contribution >= 0.6 is 0 Å². The topological polar surface area (TPSA) is 35.5 Å². The van der Waals surface area contributed by atoms with Crippen molar-refractivity contribution in [2.75, 3.05) is 0 Å². The van der Waals surface area contributed by atoms with Crippen LogP contribution in [0.2, 0.25) is 0 Å². The standard InChI is InChI=1S/C20H34O3/c1-13-14(16(21)23-17(22-13)20(8,9)10)11-12-15(18(2,3)4)19(5,6)7/h11,13-14,17H,1-10H3/t13-,14-,17-/m1/s1. The first-order valence-corrected chi connectivity index (χ1v) is 8.48. The Hall–Kier alpha value is -1.05. The lowest BCUT2D eigenvalue weighted by atomic mass is 9.72. The zero-order chi connectivity index (χ0) is 18.2. The molecule has 1 aliphatic rings. The van der Waals surface area contributed by atoms with Crippen LogP contribution in [0.4, 0.5) is 0 Å². The largest absolute Gasteiger partial charge is 0.435 e. The quantitative estimate of drug-likeness (QED) is 0.497. The minimum Gasteiger partial charge on any atom is -0.435 e. The van der Waals surface area contributed by atoms with E-state index in [4.69, 9.17) is 9.47 Å². The number of esters is 1. The number of carbonyl (C=O) groups excluding carboxylic acids is 1. The Bertz CT molecular complexity index is 486. The molecular formula is C20H34O3. The van der Waals surface area contributed by atoms with Crippen LogP contribution in [0.3, 0.4) is 0 Å². The van der Waals surface area contributed by atoms with E-state index in [9.17, 15) is 4.79 Å². The minimum absolute atomic E-state index is 0.00857. The van der Waals surface area contributed by atoms with Crippen LogP contribution in [-0.4, -0.2) is 18.4 Å². The summed E-state index contributed by atoms with van der Waals surface area (Å²) in [4.78, 5) is 12.4. The second-order valence-corrected chi connectivity index (χ2v) is 9.69. The van der Waals surface area contributed by atoms with Gasteiger partial charge in [-0.05, 0) is 29.4 Å². The maximum Gasteiger partial charge on any atom is 0.318 e. The van der Waals surface area contributed by atoms with Crippen LogP contribution in [0.15, 0.2) is 17.4 Å². The molecule has 132 valence electrons. The second-order valence-electron chi connectivity index (χ2n) is 9.69. The predicted octanol–water partition coefficient (Wildman–Crippen LogP) is 5.11. The Morgan fingerprint density at radius 3 is 1.83 bits per heavy atom. The normalized spacial score (nSPS) is 26.3. The van der Waals surface area contributed by atoms with Gasteiger partial charge in [-0.15, -0.1) is 5.73 Å². The predicted molar refractivity (Wildman–Crippen MR) is 93.9 cm³/mol. The average Bonchev–Trinajstić information content (AvgIpc) is 2.27. The molecule has 1 fully saturated rings. The summed E-state index contributed by atoms with van der Waals surface area (Å²) in [5, 5.41) is 0. The summed E-state index contributed by atoms with van der Waals surface area (Å²) >= 11 is 0. The molecule has 0 aromatic rings. The minimum atomic E-state index is -0.497. The van der Waals surface area contributed by atoms with E-state index in [1.54, 1.807) is 0 Å². The molecule has 3 heteroatoms. The number of rotatable bonds is 1. The van der Waals surface area contributed by atoms with Crippen LogP contribution in [-0.2, 0) is 14.3 Å². The van der Waals surface area contributed by atoms with E-state index in [0.29, 0.717) is 0 Å². The zero-order valence-corrected chi connectivity index (χ0v) is 16.5. The van der Waals surface area contributed by atoms with Gasteiger partial charge < -0.3 is 9.47 Å². The number of hydrogen-bond acceptors (Lipinski definition) is 3. The first-order chi connectivity index (χ1) is 10.1. The van der Waals surface area contributed by atoms with E-state index in [0.717, 1.165) is 0 Å². The SMILES string of the molecule is C[C@H]1O[C@@H](C(C)(C)C)OC(=O)[C@@H]1C=C=C(C(C)(C)C)C(C)(C)C. The van der Waals surface area contributed by atoms with E-state index >= 15 is 0 Å². The summed E-state index contributed by atoms with van der Waals surface area (Å²) in [7, 11) is 0. The molecule has 0 radical (unpaired) electrons. The Kier molecular flexibility index (Phi) is 5.61. The van der Waals surface area contributed by atoms with E-state index < -0.39 is 12.2 Å². The fourth-order valence-electron chi connectivity index (χ4n) is 3.00. The summed E-state index contributed by atoms with van der Waals surface area (Å²) in [5.41, 5.74) is 4.33. The van der Waals surface area contributed by atoms with Crippen molar-refractivity contribution in [1.82, 2.24) is 0 Å². The lowest BCUT2D eigenvalue weighted by Gasteiger charge is -2.38. The molecule has 0 spiro atoms. The molecule has 3 nitrogen and oxygen atoms in total. The van der Waals surface area contributed by atoms with Crippen LogP contribution in [0, 0.1) is 22.2 Å². The molecule has 0 aliphatic carbocycles. The van der Waals surface area contributed by atoms with Crippen LogP contribution in [0.25, 0.3) is 0 Å². The average molecular weight is 322 g/mol. The van der Waals surface area contributed by atoms with Crippen molar-refractivity contribution in [3.8, 4) is 0 Å². The van der Waals surface area contributed by atoms with Gasteiger partial charge in [0, 0.05) is 5.41 Å². The van der Waals surface area contributed by atoms with E-state index in [1.807, 2.05) is 33.8 Å². The lowest BCUT2D eigenvalue weighted by molar-refractivity contribution is -0.249. The third-order valence-electron chi connectivity index (χ3n) is 3.95. The third-order valence-corrected chi connectivity index (χ3v) is 3.95. The Morgan fingerprint density at radius 2 is 1.48 bits per heavy atom. The monoisotopic (exact) mass is 322 g/mol. The molecule has 3 atom stereocenters. The molecule has 0 unspecified atom stereocenters. The fraction of sp³-hybridized carbons (Fsp3) is 0.800. The van der Waals surface area contributed by atoms with Gasteiger partial charge in [0.2, 0.25) is 6.29 Å². The van der Waals surface area contributed by atoms with E-state index in [1.165, 1.54) is 5.57 Å². The molecular weight excluding hydrogens is 288 g/mol. The molecule has 0 amide bonds. The van der Waals surface area contributed by atoms with Crippen molar-refractivity contribution in [2.24, 2.45) is 22.2 Å². The summed E-state index contributed by atoms with van der Waals surface area (Å²) in [6.45, 7) is 21.0. The number of cyclic esters (lactones) is 1. The highest BCUT2D eigenvalue weighted by atomic mass is 16.7. The lowest BCUT2D eigenvalue weighted by Crippen LogP contribution is -2.46. The highest BCUT2D eigenvalue weighted by Gasteiger charge is 2.40. The van der Waals surface area contributed by atoms with Gasteiger partial charge in [0.15, 0.2) is 0 Å². The van der Waals surface area contributed by atoms with Crippen molar-refractivity contribution in [3.63, 3.8) is 0 Å². The maximum atomic E-state index is 12.4. The molecule has 23 heavy (non-hydrogen) atoms. The van der Waals surface area contributed by atoms with Gasteiger partial charge in [0.05, 0.1) is 6.10 Å².